The number of amides is 3. The summed E-state index contributed by atoms with van der Waals surface area (Å²) >= 11 is 0. The molecule has 0 saturated carbocycles. The van der Waals surface area contributed by atoms with Crippen LogP contribution in [0, 0.1) is 52.9 Å². The third kappa shape index (κ3) is 47.9. The highest BCUT2D eigenvalue weighted by molar-refractivity contribution is 5.91. The van der Waals surface area contributed by atoms with Crippen molar-refractivity contribution in [1.82, 2.24) is 61.0 Å². The molecule has 0 spiro atoms. The van der Waals surface area contributed by atoms with Crippen LogP contribution in [0.2, 0.25) is 0 Å². The van der Waals surface area contributed by atoms with Crippen molar-refractivity contribution in [3.8, 4) is 0 Å². The van der Waals surface area contributed by atoms with Gasteiger partial charge in [-0.05, 0) is 222 Å². The van der Waals surface area contributed by atoms with Crippen LogP contribution in [0.3, 0.4) is 0 Å². The molecule has 3 amide bonds. The van der Waals surface area contributed by atoms with E-state index < -0.39 is 0 Å². The first-order valence-electron chi connectivity index (χ1n) is 45.4. The predicted molar refractivity (Wildman–Crippen MR) is 540 cm³/mol. The number of Topliss-reactive ketones (excluding diaryl/α,β-unsaturated/α-hetero) is 1. The molecule has 127 heavy (non-hydrogen) atoms. The third-order valence-electron chi connectivity index (χ3n) is 19.2. The molecule has 28 heteroatoms. The lowest BCUT2D eigenvalue weighted by molar-refractivity contribution is -0.126. The number of hydrogen-bond acceptors (Lipinski definition) is 22. The Morgan fingerprint density at radius 2 is 0.740 bits per heavy atom. The second-order valence-electron chi connectivity index (χ2n) is 29.3. The normalized spacial score (nSPS) is 16.1. The van der Waals surface area contributed by atoms with Gasteiger partial charge < -0.3 is 41.7 Å². The number of amidine groups is 6. The van der Waals surface area contributed by atoms with E-state index in [1.807, 2.05) is 195 Å². The zero-order valence-corrected chi connectivity index (χ0v) is 83.9. The lowest BCUT2D eigenvalue weighted by atomic mass is 9.97. The molecule has 1 atom stereocenters. The molecule has 1 fully saturated rings. The average Bonchev–Trinajstić information content (AvgIpc) is 0.825. The summed E-state index contributed by atoms with van der Waals surface area (Å²) in [5.74, 6) is 9.68. The van der Waals surface area contributed by atoms with E-state index in [0.717, 1.165) is 209 Å². The number of anilines is 3. The Morgan fingerprint density at radius 3 is 1.06 bits per heavy atom. The lowest BCUT2D eigenvalue weighted by Crippen LogP contribution is -2.39. The highest BCUT2D eigenvalue weighted by Gasteiger charge is 2.26. The maximum Gasteiger partial charge on any atom is 0.212 e. The third-order valence-corrected chi connectivity index (χ3v) is 19.2. The summed E-state index contributed by atoms with van der Waals surface area (Å²) < 4.78 is 0. The minimum atomic E-state index is 0.167. The van der Waals surface area contributed by atoms with Gasteiger partial charge in [0, 0.05) is 106 Å². The number of nitrogens with zero attached hydrogens (tertiary/aromatic N) is 18. The van der Waals surface area contributed by atoms with E-state index in [0.29, 0.717) is 55.6 Å². The molecular weight excluding hydrogens is 1590 g/mol. The highest BCUT2D eigenvalue weighted by Crippen LogP contribution is 2.29. The first-order valence-corrected chi connectivity index (χ1v) is 45.4. The van der Waals surface area contributed by atoms with Crippen molar-refractivity contribution in [2.45, 2.75) is 273 Å². The number of nitrogens with one attached hydrogen (secondary N) is 5. The van der Waals surface area contributed by atoms with E-state index in [2.05, 4.69) is 195 Å². The summed E-state index contributed by atoms with van der Waals surface area (Å²) in [5.41, 5.74) is 22.4. The van der Waals surface area contributed by atoms with Gasteiger partial charge in [-0.25, -0.2) is 64.9 Å². The Bertz CT molecular complexity index is 4340. The number of carbonyl (C=O) groups is 4. The minimum Gasteiger partial charge on any atom is -0.388 e. The van der Waals surface area contributed by atoms with Gasteiger partial charge in [0.2, 0.25) is 19.2 Å². The molecule has 1 unspecified atom stereocenters. The van der Waals surface area contributed by atoms with Gasteiger partial charge in [0.15, 0.2) is 0 Å². The molecule has 0 bridgehead atoms. The van der Waals surface area contributed by atoms with Gasteiger partial charge in [0.05, 0.1) is 60.5 Å². The van der Waals surface area contributed by atoms with Crippen LogP contribution in [-0.4, -0.2) is 191 Å². The van der Waals surface area contributed by atoms with E-state index in [1.165, 1.54) is 45.9 Å². The summed E-state index contributed by atoms with van der Waals surface area (Å²) in [6, 6.07) is 20.8. The van der Waals surface area contributed by atoms with Gasteiger partial charge >= 0.3 is 0 Å². The minimum absolute atomic E-state index is 0.167. The number of benzene rings is 2. The lowest BCUT2D eigenvalue weighted by Gasteiger charge is -2.30. The van der Waals surface area contributed by atoms with Crippen molar-refractivity contribution < 1.29 is 19.2 Å². The van der Waals surface area contributed by atoms with Crippen LogP contribution < -0.4 is 41.7 Å². The molecule has 702 valence electrons. The smallest absolute Gasteiger partial charge is 0.212 e. The monoisotopic (exact) mass is 1750 g/mol. The molecule has 0 radical (unpaired) electrons. The fourth-order valence-electron chi connectivity index (χ4n) is 12.6. The number of rotatable bonds is 15. The van der Waals surface area contributed by atoms with Crippen LogP contribution in [0.5, 0.6) is 0 Å². The zero-order chi connectivity index (χ0) is 96.5. The molecular formula is C99H162N24O4. The van der Waals surface area contributed by atoms with Crippen LogP contribution in [-0.2, 0) is 32.3 Å². The maximum atomic E-state index is 11.6. The van der Waals surface area contributed by atoms with Crippen LogP contribution in [0.25, 0.3) is 0 Å². The van der Waals surface area contributed by atoms with Gasteiger partial charge in [-0.15, -0.1) is 0 Å². The Kier molecular flexibility index (Phi) is 65.0. The van der Waals surface area contributed by atoms with Gasteiger partial charge in [0.25, 0.3) is 0 Å². The number of ketones is 1. The fourth-order valence-corrected chi connectivity index (χ4v) is 12.6. The Balaban J connectivity index is 0. The van der Waals surface area contributed by atoms with E-state index >= 15 is 0 Å². The summed E-state index contributed by atoms with van der Waals surface area (Å²) in [7, 11) is 0. The quantitative estimate of drug-likeness (QED) is 0.0322. The van der Waals surface area contributed by atoms with E-state index in [4.69, 9.17) is 11.1 Å². The number of aromatic nitrogens is 6. The molecule has 3 aromatic heterocycles. The van der Waals surface area contributed by atoms with E-state index in [1.54, 1.807) is 26.3 Å². The van der Waals surface area contributed by atoms with Crippen molar-refractivity contribution in [3.05, 3.63) is 181 Å². The second-order valence-corrected chi connectivity index (χ2v) is 29.3. The van der Waals surface area contributed by atoms with Crippen molar-refractivity contribution in [2.75, 3.05) is 93.2 Å². The van der Waals surface area contributed by atoms with Gasteiger partial charge in [0.1, 0.15) is 69.9 Å². The number of likely N-dealkylation sites (tertiary alicyclic amines) is 1. The number of nitrogens with two attached hydrogens (primary N) is 1. The van der Waals surface area contributed by atoms with Crippen molar-refractivity contribution >= 4 is 89.9 Å². The Morgan fingerprint density at radius 1 is 0.441 bits per heavy atom. The molecule has 28 nitrogen and oxygen atoms in total. The van der Waals surface area contributed by atoms with Crippen molar-refractivity contribution in [3.63, 3.8) is 0 Å². The second kappa shape index (κ2) is 70.0. The molecule has 6 aliphatic rings. The number of aliphatic imine (C=N–C) groups is 7. The van der Waals surface area contributed by atoms with Gasteiger partial charge in [-0.3, -0.25) is 34.4 Å². The molecule has 2 aromatic carbocycles. The maximum absolute atomic E-state index is 11.6. The number of aryl methyl sites for hydroxylation is 6. The number of piperidine rings is 1. The van der Waals surface area contributed by atoms with Gasteiger partial charge in [-0.1, -0.05) is 151 Å². The molecule has 1 saturated heterocycles. The summed E-state index contributed by atoms with van der Waals surface area (Å²) in [5, 5.41) is 17.2. The number of carbonyl (C=O) groups excluding carboxylic acids is 4. The van der Waals surface area contributed by atoms with Gasteiger partial charge in [-0.2, -0.15) is 0 Å². The molecule has 5 aromatic rings. The average molecular weight is 1750 g/mol. The summed E-state index contributed by atoms with van der Waals surface area (Å²) in [6.45, 7) is 75.4. The zero-order valence-electron chi connectivity index (χ0n) is 83.9. The highest BCUT2D eigenvalue weighted by atomic mass is 16.1. The summed E-state index contributed by atoms with van der Waals surface area (Å²) in [4.78, 5) is 111. The molecule has 7 N–H and O–H groups in total. The molecule has 11 rings (SSSR count). The van der Waals surface area contributed by atoms with Crippen LogP contribution >= 0.6 is 0 Å². The van der Waals surface area contributed by atoms with Crippen LogP contribution in [0.1, 0.15) is 264 Å². The van der Waals surface area contributed by atoms with E-state index in [9.17, 15) is 19.2 Å². The molecule has 0 aliphatic carbocycles. The van der Waals surface area contributed by atoms with E-state index in [-0.39, 0.29) is 11.8 Å². The SMILES string of the molecule is CC.CC.CC.CC.CC.CC.CC(=N)N.CC(=NC1=C(C)CCN(Cc2ccccc2)C1)NC=O.CC(=NC1=C(C)CCN(c2nc(C)ncc2C)C1)NC=O.CC(=NC1=C(C)CCNC1)NC=O.CC1CCN(Cc2ccccc2)CC1=O.CC=NC(C)=NC1=C(C)CCN(c2nc(C)ncc2C)C1.CC=NC(C)=NC1=C(C)CCN(c2nc(C)ncc2C)C1. The van der Waals surface area contributed by atoms with Crippen LogP contribution in [0.15, 0.2) is 171 Å². The van der Waals surface area contributed by atoms with Crippen molar-refractivity contribution in [1.29, 1.82) is 5.41 Å². The fraction of sp³-hybridized carbons (Fsp3) is 0.535. The topological polar surface area (TPSA) is 346 Å². The van der Waals surface area contributed by atoms with Crippen LogP contribution in [0.4, 0.5) is 17.5 Å². The first-order chi connectivity index (χ1) is 60.9. The first kappa shape index (κ1) is 118. The molecule has 9 heterocycles. The largest absolute Gasteiger partial charge is 0.388 e. The molecule has 6 aliphatic heterocycles. The standard InChI is InChI=1S/2C16H23N5.C16H21N3O.C15H21N5O.C13H17NO.C9H15N3O.C2H6N2.6C2H6/c2*1-6-17-13(4)19-15-10-21(8-7-11(15)2)16-12(3)9-18-14(5)20-16;1-13-8-9-19(10-15-6-4-3-5-7-15)11-16(13)18-14(2)17-12-20;1-10-5-6-20(8-14(10)18-13(4)17-9-21)15-11(2)7-16-12(3)19-15;1-11-7-8-14(10-13(11)15)9-12-5-3-2-4-6-12;1-7-3-4-10-5-9(7)12-8(2)11-6-13;1-2(3)4;6*1-2/h2*6,9H,7-8,10H2,1-5H3;3-7,12H,8-11H2,1-2H3,(H,17,18,20);7,9H,5-6,8H2,1-4H3,(H,17,18,21);2-6,11H,7-10H2,1H3;6,10H,3-5H2,1-2H3,(H,11,12,13);1H3,(H3,3,4);6*1-2H3. The number of hydrogen-bond donors (Lipinski definition) is 6. The van der Waals surface area contributed by atoms with Crippen molar-refractivity contribution in [2.24, 2.45) is 46.6 Å². The predicted octanol–water partition coefficient (Wildman–Crippen LogP) is 18.9. The Hall–Kier alpha value is -11.1. The summed E-state index contributed by atoms with van der Waals surface area (Å²) in [6.07, 6.45) is 17.1. The Labute approximate surface area is 765 Å².